The first-order valence-corrected chi connectivity index (χ1v) is 7.18. The van der Waals surface area contributed by atoms with Crippen molar-refractivity contribution >= 4 is 11.6 Å². The third-order valence-electron chi connectivity index (χ3n) is 3.51. The molecule has 6 nitrogen and oxygen atoms in total. The molecule has 0 bridgehead atoms. The maximum atomic E-state index is 14.0. The first-order chi connectivity index (χ1) is 11.6. The van der Waals surface area contributed by atoms with Crippen molar-refractivity contribution in [1.29, 1.82) is 0 Å². The van der Waals surface area contributed by atoms with E-state index >= 15 is 0 Å². The van der Waals surface area contributed by atoms with E-state index in [1.54, 1.807) is 29.1 Å². The van der Waals surface area contributed by atoms with Gasteiger partial charge in [0, 0.05) is 24.4 Å². The van der Waals surface area contributed by atoms with E-state index in [0.717, 1.165) is 5.56 Å². The van der Waals surface area contributed by atoms with E-state index in [9.17, 15) is 9.18 Å². The standard InChI is InChI=1S/C17H15FN4O2/c1-22-10-19-21-16(22)11-4-3-5-12(8-11)20-17(23)14-7-6-13(24-2)9-15(14)18/h3-10H,1-2H3,(H,20,23). The van der Waals surface area contributed by atoms with Crippen LogP contribution in [0, 0.1) is 5.82 Å². The lowest BCUT2D eigenvalue weighted by Gasteiger charge is -2.09. The first kappa shape index (κ1) is 15.7. The quantitative estimate of drug-likeness (QED) is 0.800. The summed E-state index contributed by atoms with van der Waals surface area (Å²) in [5, 5.41) is 10.5. The lowest BCUT2D eigenvalue weighted by atomic mass is 10.1. The number of rotatable bonds is 4. The highest BCUT2D eigenvalue weighted by Gasteiger charge is 2.13. The van der Waals surface area contributed by atoms with E-state index in [1.165, 1.54) is 25.3 Å². The van der Waals surface area contributed by atoms with Crippen molar-refractivity contribution < 1.29 is 13.9 Å². The maximum absolute atomic E-state index is 14.0. The number of aryl methyl sites for hydroxylation is 1. The van der Waals surface area contributed by atoms with Crippen molar-refractivity contribution in [2.75, 3.05) is 12.4 Å². The smallest absolute Gasteiger partial charge is 0.258 e. The Morgan fingerprint density at radius 2 is 2.08 bits per heavy atom. The summed E-state index contributed by atoms with van der Waals surface area (Å²) < 4.78 is 20.7. The minimum absolute atomic E-state index is 0.0557. The number of hydrogen-bond donors (Lipinski definition) is 1. The molecule has 0 spiro atoms. The van der Waals surface area contributed by atoms with Crippen LogP contribution in [0.25, 0.3) is 11.4 Å². The van der Waals surface area contributed by atoms with Crippen molar-refractivity contribution in [3.63, 3.8) is 0 Å². The summed E-state index contributed by atoms with van der Waals surface area (Å²) in [5.41, 5.74) is 1.28. The van der Waals surface area contributed by atoms with Crippen LogP contribution in [0.15, 0.2) is 48.8 Å². The highest BCUT2D eigenvalue weighted by atomic mass is 19.1. The highest BCUT2D eigenvalue weighted by Crippen LogP contribution is 2.22. The van der Waals surface area contributed by atoms with Gasteiger partial charge >= 0.3 is 0 Å². The lowest BCUT2D eigenvalue weighted by Crippen LogP contribution is -2.13. The second-order valence-corrected chi connectivity index (χ2v) is 5.15. The number of aromatic nitrogens is 3. The molecule has 0 fully saturated rings. The van der Waals surface area contributed by atoms with Crippen LogP contribution in [0.3, 0.4) is 0 Å². The third-order valence-corrected chi connectivity index (χ3v) is 3.51. The number of nitrogens with zero attached hydrogens (tertiary/aromatic N) is 3. The van der Waals surface area contributed by atoms with Crippen LogP contribution in [0.5, 0.6) is 5.75 Å². The van der Waals surface area contributed by atoms with E-state index in [1.807, 2.05) is 13.1 Å². The number of nitrogens with one attached hydrogen (secondary N) is 1. The van der Waals surface area contributed by atoms with Gasteiger partial charge in [-0.2, -0.15) is 0 Å². The molecule has 1 amide bonds. The molecule has 2 aromatic carbocycles. The molecule has 0 radical (unpaired) electrons. The molecule has 3 rings (SSSR count). The summed E-state index contributed by atoms with van der Waals surface area (Å²) in [6, 6.07) is 11.2. The monoisotopic (exact) mass is 326 g/mol. The predicted octanol–water partition coefficient (Wildman–Crippen LogP) is 2.88. The minimum atomic E-state index is -0.642. The number of methoxy groups -OCH3 is 1. The first-order valence-electron chi connectivity index (χ1n) is 7.18. The number of hydrogen-bond acceptors (Lipinski definition) is 4. The number of ether oxygens (including phenoxy) is 1. The highest BCUT2D eigenvalue weighted by molar-refractivity contribution is 6.04. The largest absolute Gasteiger partial charge is 0.497 e. The van der Waals surface area contributed by atoms with Gasteiger partial charge in [0.1, 0.15) is 17.9 Å². The summed E-state index contributed by atoms with van der Waals surface area (Å²) >= 11 is 0. The van der Waals surface area contributed by atoms with E-state index < -0.39 is 11.7 Å². The van der Waals surface area contributed by atoms with Gasteiger partial charge in [0.05, 0.1) is 12.7 Å². The van der Waals surface area contributed by atoms with Crippen molar-refractivity contribution in [2.45, 2.75) is 0 Å². The lowest BCUT2D eigenvalue weighted by molar-refractivity contribution is 0.102. The van der Waals surface area contributed by atoms with Gasteiger partial charge in [-0.1, -0.05) is 12.1 Å². The molecular formula is C17H15FN4O2. The molecule has 0 aliphatic heterocycles. The van der Waals surface area contributed by atoms with Gasteiger partial charge in [0.15, 0.2) is 5.82 Å². The summed E-state index contributed by atoms with van der Waals surface area (Å²) in [6.07, 6.45) is 1.59. The molecule has 0 saturated carbocycles. The van der Waals surface area contributed by atoms with Gasteiger partial charge in [-0.3, -0.25) is 4.79 Å². The van der Waals surface area contributed by atoms with Crippen molar-refractivity contribution in [2.24, 2.45) is 7.05 Å². The van der Waals surface area contributed by atoms with Gasteiger partial charge in [0.25, 0.3) is 5.91 Å². The fourth-order valence-electron chi connectivity index (χ4n) is 2.29. The zero-order valence-electron chi connectivity index (χ0n) is 13.2. The Labute approximate surface area is 137 Å². The molecule has 0 aliphatic rings. The Morgan fingerprint density at radius 3 is 2.75 bits per heavy atom. The molecule has 1 N–H and O–H groups in total. The molecular weight excluding hydrogens is 311 g/mol. The Kier molecular flexibility index (Phi) is 4.24. The van der Waals surface area contributed by atoms with Gasteiger partial charge in [-0.15, -0.1) is 10.2 Å². The number of carbonyl (C=O) groups excluding carboxylic acids is 1. The topological polar surface area (TPSA) is 69.0 Å². The number of benzene rings is 2. The number of carbonyl (C=O) groups is 1. The van der Waals surface area contributed by atoms with Gasteiger partial charge in [-0.25, -0.2) is 4.39 Å². The molecule has 0 atom stereocenters. The normalized spacial score (nSPS) is 10.5. The maximum Gasteiger partial charge on any atom is 0.258 e. The Morgan fingerprint density at radius 1 is 1.25 bits per heavy atom. The number of halogens is 1. The molecule has 1 aromatic heterocycles. The van der Waals surface area contributed by atoms with Crippen LogP contribution in [0.1, 0.15) is 10.4 Å². The van der Waals surface area contributed by atoms with Crippen LogP contribution in [0.4, 0.5) is 10.1 Å². The van der Waals surface area contributed by atoms with Gasteiger partial charge in [-0.05, 0) is 24.3 Å². The second-order valence-electron chi connectivity index (χ2n) is 5.15. The Bertz CT molecular complexity index is 892. The number of anilines is 1. The van der Waals surface area contributed by atoms with Crippen LogP contribution >= 0.6 is 0 Å². The number of amides is 1. The third kappa shape index (κ3) is 3.10. The second kappa shape index (κ2) is 6.49. The average molecular weight is 326 g/mol. The zero-order chi connectivity index (χ0) is 17.1. The van der Waals surface area contributed by atoms with E-state index in [2.05, 4.69) is 15.5 Å². The SMILES string of the molecule is COc1ccc(C(=O)Nc2cccc(-c3nncn3C)c2)c(F)c1. The molecule has 0 unspecified atom stereocenters. The zero-order valence-corrected chi connectivity index (χ0v) is 13.2. The molecule has 0 aliphatic carbocycles. The summed E-state index contributed by atoms with van der Waals surface area (Å²) in [4.78, 5) is 12.3. The summed E-state index contributed by atoms with van der Waals surface area (Å²) in [5.74, 6) is -0.156. The molecule has 3 aromatic rings. The van der Waals surface area contributed by atoms with E-state index in [4.69, 9.17) is 4.74 Å². The summed E-state index contributed by atoms with van der Waals surface area (Å²) in [7, 11) is 3.26. The molecule has 7 heteroatoms. The Hall–Kier alpha value is -3.22. The predicted molar refractivity (Wildman–Crippen MR) is 87.3 cm³/mol. The molecule has 122 valence electrons. The molecule has 24 heavy (non-hydrogen) atoms. The summed E-state index contributed by atoms with van der Waals surface area (Å²) in [6.45, 7) is 0. The molecule has 0 saturated heterocycles. The van der Waals surface area contributed by atoms with Crippen LogP contribution in [0.2, 0.25) is 0 Å². The van der Waals surface area contributed by atoms with Crippen molar-refractivity contribution in [3.05, 3.63) is 60.2 Å². The van der Waals surface area contributed by atoms with Crippen LogP contribution < -0.4 is 10.1 Å². The fraction of sp³-hybridized carbons (Fsp3) is 0.118. The fourth-order valence-corrected chi connectivity index (χ4v) is 2.29. The van der Waals surface area contributed by atoms with Gasteiger partial charge in [0.2, 0.25) is 0 Å². The average Bonchev–Trinajstić information content (AvgIpc) is 3.01. The molecule has 1 heterocycles. The van der Waals surface area contributed by atoms with Gasteiger partial charge < -0.3 is 14.6 Å². The Balaban J connectivity index is 1.84. The van der Waals surface area contributed by atoms with Crippen molar-refractivity contribution in [1.82, 2.24) is 14.8 Å². The van der Waals surface area contributed by atoms with E-state index in [0.29, 0.717) is 17.3 Å². The van der Waals surface area contributed by atoms with Crippen LogP contribution in [-0.4, -0.2) is 27.8 Å². The van der Waals surface area contributed by atoms with Crippen molar-refractivity contribution in [3.8, 4) is 17.1 Å². The van der Waals surface area contributed by atoms with E-state index in [-0.39, 0.29) is 5.56 Å². The minimum Gasteiger partial charge on any atom is -0.497 e. The van der Waals surface area contributed by atoms with Crippen LogP contribution in [-0.2, 0) is 7.05 Å².